The van der Waals surface area contributed by atoms with Crippen molar-refractivity contribution in [3.8, 4) is 0 Å². The zero-order valence-corrected chi connectivity index (χ0v) is 58.0. The standard InChI is InChI=1S/C30H44O5.C25H36O6.C22H34O5.6CH4/c1-4-30(2,3)29(32)35-24-13-18-12-23(24)26-21-10-17(25(18)26)11-22(21)28(31)34-14-33-27-19-6-15-5-16(8-19)9-20(27)7-15;1-4-24(2,3)23(28)31-20-10-14-8-18(20)19(9-14)22(27)29-13-30-25-11-15-5-16(12-25)7-17(6-15)21(25)26;1-5-22(3,4)21(24)27-17-10-13-9-16(17)19-14-7-12(18(13)19)8-15(14)20(23)26-11-25-6-2;;;;;;/h15-27H,4-14H2,1-3H3;14-20H,4-13H2,1-3H3;12-19H,5-11H2,1-4H3;6*1H4. The molecule has 0 aromatic heterocycles. The Morgan fingerprint density at radius 2 is 0.768 bits per heavy atom. The van der Waals surface area contributed by atoms with Gasteiger partial charge in [-0.25, -0.2) is 0 Å². The molecule has 0 spiro atoms. The number of hydrogen-bond donors (Lipinski definition) is 0. The van der Waals surface area contributed by atoms with Gasteiger partial charge in [0.05, 0.1) is 40.1 Å². The lowest BCUT2D eigenvalue weighted by Crippen LogP contribution is -2.59. The zero-order chi connectivity index (χ0) is 65.4. The first-order chi connectivity index (χ1) is 44.4. The topological polar surface area (TPSA) is 203 Å². The molecule has 18 bridgehead atoms. The highest BCUT2D eigenvalue weighted by Crippen LogP contribution is 2.71. The van der Waals surface area contributed by atoms with Crippen LogP contribution >= 0.6 is 0 Å². The predicted molar refractivity (Wildman–Crippen MR) is 381 cm³/mol. The molecule has 0 N–H and O–H groups in total. The van der Waals surface area contributed by atoms with Gasteiger partial charge in [0, 0.05) is 18.4 Å². The lowest BCUT2D eigenvalue weighted by Gasteiger charge is -2.54. The fourth-order valence-electron chi connectivity index (χ4n) is 24.8. The highest BCUT2D eigenvalue weighted by molar-refractivity contribution is 5.91. The second-order valence-electron chi connectivity index (χ2n) is 35.8. The van der Waals surface area contributed by atoms with Gasteiger partial charge < -0.3 is 42.6 Å². The van der Waals surface area contributed by atoms with E-state index in [1.54, 1.807) is 0 Å². The third-order valence-electron chi connectivity index (χ3n) is 29.8. The minimum atomic E-state index is -0.715. The Hall–Kier alpha value is -3.63. The molecule has 18 fully saturated rings. The first kappa shape index (κ1) is 81.0. The average molecular weight is 1390 g/mol. The van der Waals surface area contributed by atoms with Crippen LogP contribution in [0.15, 0.2) is 0 Å². The Bertz CT molecular complexity index is 2800. The molecule has 18 rings (SSSR count). The largest absolute Gasteiger partial charge is 0.462 e. The molecule has 18 aliphatic rings. The van der Waals surface area contributed by atoms with Crippen LogP contribution in [0.5, 0.6) is 0 Å². The van der Waals surface area contributed by atoms with Gasteiger partial charge in [-0.15, -0.1) is 0 Å². The Morgan fingerprint density at radius 1 is 0.384 bits per heavy atom. The third kappa shape index (κ3) is 14.8. The minimum absolute atomic E-state index is 0. The second kappa shape index (κ2) is 31.2. The van der Waals surface area contributed by atoms with Crippen molar-refractivity contribution >= 4 is 41.6 Å². The molecule has 0 heterocycles. The molecule has 99 heavy (non-hydrogen) atoms. The van der Waals surface area contributed by atoms with Crippen molar-refractivity contribution in [3.63, 3.8) is 0 Å². The number of ether oxygens (including phenoxy) is 9. The van der Waals surface area contributed by atoms with Crippen LogP contribution < -0.4 is 0 Å². The monoisotopic (exact) mass is 1390 g/mol. The Balaban J connectivity index is 0.000000185. The predicted octanol–water partition coefficient (Wildman–Crippen LogP) is 17.3. The third-order valence-corrected chi connectivity index (χ3v) is 29.8. The van der Waals surface area contributed by atoms with E-state index in [9.17, 15) is 33.6 Å². The van der Waals surface area contributed by atoms with Gasteiger partial charge in [0.1, 0.15) is 23.9 Å². The maximum atomic E-state index is 13.2. The molecule has 18 aliphatic carbocycles. The van der Waals surface area contributed by atoms with Gasteiger partial charge in [-0.3, -0.25) is 33.6 Å². The Morgan fingerprint density at radius 3 is 1.20 bits per heavy atom. The lowest BCUT2D eigenvalue weighted by molar-refractivity contribution is -0.210. The number of rotatable bonds is 21. The Labute approximate surface area is 598 Å². The van der Waals surface area contributed by atoms with Crippen LogP contribution in [0.1, 0.15) is 268 Å². The van der Waals surface area contributed by atoms with E-state index >= 15 is 0 Å². The number of hydrogen-bond acceptors (Lipinski definition) is 16. The summed E-state index contributed by atoms with van der Waals surface area (Å²) in [6.07, 6.45) is 25.4. The molecule has 0 radical (unpaired) electrons. The summed E-state index contributed by atoms with van der Waals surface area (Å²) in [5.74, 6) is 11.3. The summed E-state index contributed by atoms with van der Waals surface area (Å²) in [6, 6.07) is 0. The van der Waals surface area contributed by atoms with Gasteiger partial charge in [0.15, 0.2) is 26.2 Å². The Kier molecular flexibility index (Phi) is 25.5. The van der Waals surface area contributed by atoms with Crippen LogP contribution in [-0.2, 0) is 76.2 Å². The molecule has 566 valence electrons. The van der Waals surface area contributed by atoms with E-state index in [1.807, 2.05) is 62.3 Å². The molecule has 0 aromatic carbocycles. The van der Waals surface area contributed by atoms with Crippen LogP contribution in [0, 0.1) is 158 Å². The van der Waals surface area contributed by atoms with Crippen LogP contribution in [0.25, 0.3) is 0 Å². The first-order valence-corrected chi connectivity index (χ1v) is 37.9. The van der Waals surface area contributed by atoms with E-state index in [4.69, 9.17) is 42.6 Å². The van der Waals surface area contributed by atoms with Gasteiger partial charge in [-0.2, -0.15) is 0 Å². The second-order valence-corrected chi connectivity index (χ2v) is 35.8. The molecule has 16 heteroatoms. The first-order valence-electron chi connectivity index (χ1n) is 37.9. The molecule has 22 unspecified atom stereocenters. The number of fused-ring (bicyclic) bond motifs is 20. The van der Waals surface area contributed by atoms with Crippen molar-refractivity contribution in [2.45, 2.75) is 298 Å². The SMILES string of the molecule is C.C.C.C.C.C.CCC(C)(C)C(=O)OC1CC2CC(C(=O)OCOC34CC5CC(CC(C5)C3=O)C4)C1C2.CCC(C)(C)C(=O)OC1CC2CC1C1C3CC(CC3C(=O)OCOC3C4CC5CC(C4)CC3C5)C21.CCOCOC(=O)C1CC2CC1C1C3CC(CC3OC(=O)C(C)(C)CC)C21. The van der Waals surface area contributed by atoms with Crippen molar-refractivity contribution in [2.75, 3.05) is 27.0 Å². The van der Waals surface area contributed by atoms with Crippen molar-refractivity contribution < 1.29 is 76.2 Å². The van der Waals surface area contributed by atoms with Crippen molar-refractivity contribution in [1.29, 1.82) is 0 Å². The summed E-state index contributed by atoms with van der Waals surface area (Å²) >= 11 is 0. The van der Waals surface area contributed by atoms with Crippen molar-refractivity contribution in [3.05, 3.63) is 0 Å². The highest BCUT2D eigenvalue weighted by atomic mass is 16.7. The fourth-order valence-corrected chi connectivity index (χ4v) is 24.8. The average Bonchev–Trinajstić information content (AvgIpc) is 1.60. The number of carbonyl (C=O) groups is 7. The highest BCUT2D eigenvalue weighted by Gasteiger charge is 2.69. The van der Waals surface area contributed by atoms with Gasteiger partial charge in [0.2, 0.25) is 0 Å². The number of esters is 6. The number of ketones is 1. The van der Waals surface area contributed by atoms with Crippen molar-refractivity contribution in [1.82, 2.24) is 0 Å². The van der Waals surface area contributed by atoms with E-state index < -0.39 is 21.8 Å². The van der Waals surface area contributed by atoms with Crippen LogP contribution in [0.3, 0.4) is 0 Å². The number of carbonyl (C=O) groups excluding carboxylic acids is 7. The normalized spacial score (nSPS) is 42.6. The maximum Gasteiger partial charge on any atom is 0.311 e. The van der Waals surface area contributed by atoms with Crippen LogP contribution in [-0.4, -0.2) is 98.6 Å². The molecule has 0 amide bonds. The molecular formula is C83H138O16. The number of Topliss-reactive ketones (excluding diaryl/α,β-unsaturated/α-hetero) is 1. The van der Waals surface area contributed by atoms with Gasteiger partial charge >= 0.3 is 35.8 Å². The zero-order valence-electron chi connectivity index (χ0n) is 58.0. The molecule has 0 aromatic rings. The molecule has 0 saturated heterocycles. The van der Waals surface area contributed by atoms with E-state index in [-0.39, 0.29) is 154 Å². The molecule has 22 atom stereocenters. The summed E-state index contributed by atoms with van der Waals surface area (Å²) in [5.41, 5.74) is -2.05. The van der Waals surface area contributed by atoms with E-state index in [2.05, 4.69) is 6.92 Å². The van der Waals surface area contributed by atoms with E-state index in [0.717, 1.165) is 120 Å². The van der Waals surface area contributed by atoms with Crippen molar-refractivity contribution in [2.24, 2.45) is 158 Å². The molecule has 18 saturated carbocycles. The lowest BCUT2D eigenvalue weighted by atomic mass is 9.53. The summed E-state index contributed by atoms with van der Waals surface area (Å²) in [6.45, 7) is 20.3. The maximum absolute atomic E-state index is 13.2. The quantitative estimate of drug-likeness (QED) is 0.0345. The molecule has 0 aliphatic heterocycles. The molecule has 16 nitrogen and oxygen atoms in total. The van der Waals surface area contributed by atoms with Crippen LogP contribution in [0.2, 0.25) is 0 Å². The van der Waals surface area contributed by atoms with Crippen LogP contribution in [0.4, 0.5) is 0 Å². The minimum Gasteiger partial charge on any atom is -0.462 e. The summed E-state index contributed by atoms with van der Waals surface area (Å²) < 4.78 is 52.2. The summed E-state index contributed by atoms with van der Waals surface area (Å²) in [7, 11) is 0. The fraction of sp³-hybridized carbons (Fsp3) is 0.916. The van der Waals surface area contributed by atoms with Gasteiger partial charge in [-0.1, -0.05) is 65.3 Å². The van der Waals surface area contributed by atoms with Gasteiger partial charge in [-0.05, 0) is 315 Å². The summed E-state index contributed by atoms with van der Waals surface area (Å²) in [4.78, 5) is 89.4. The smallest absolute Gasteiger partial charge is 0.311 e. The van der Waals surface area contributed by atoms with Gasteiger partial charge in [0.25, 0.3) is 0 Å². The molecular weight excluding hydrogens is 1250 g/mol. The van der Waals surface area contributed by atoms with E-state index in [1.165, 1.54) is 57.8 Å². The summed E-state index contributed by atoms with van der Waals surface area (Å²) in [5, 5.41) is 0. The van der Waals surface area contributed by atoms with E-state index in [0.29, 0.717) is 101 Å².